The van der Waals surface area contributed by atoms with E-state index in [1.165, 1.54) is 18.3 Å². The number of aromatic nitrogens is 1. The Kier molecular flexibility index (Phi) is 7.01. The van der Waals surface area contributed by atoms with Gasteiger partial charge in [0.05, 0.1) is 5.69 Å². The zero-order valence-electron chi connectivity index (χ0n) is 17.3. The summed E-state index contributed by atoms with van der Waals surface area (Å²) in [5.41, 5.74) is 0.568. The van der Waals surface area contributed by atoms with Gasteiger partial charge < -0.3 is 15.0 Å². The summed E-state index contributed by atoms with van der Waals surface area (Å²) in [7, 11) is 1.94. The van der Waals surface area contributed by atoms with Crippen LogP contribution in [0, 0.1) is 0 Å². The smallest absolute Gasteiger partial charge is 0.413 e. The van der Waals surface area contributed by atoms with Crippen molar-refractivity contribution in [2.24, 2.45) is 4.99 Å². The van der Waals surface area contributed by atoms with Crippen LogP contribution in [0.1, 0.15) is 25.1 Å². The summed E-state index contributed by atoms with van der Waals surface area (Å²) in [6.45, 7) is 8.57. The number of halogens is 3. The van der Waals surface area contributed by atoms with Crippen LogP contribution < -0.4 is 15.5 Å². The first-order valence-corrected chi connectivity index (χ1v) is 10.4. The third-order valence-corrected chi connectivity index (χ3v) is 5.40. The number of anilines is 1. The van der Waals surface area contributed by atoms with Gasteiger partial charge in [-0.25, -0.2) is 27.9 Å². The third kappa shape index (κ3) is 5.25. The Balaban J connectivity index is 2.19. The summed E-state index contributed by atoms with van der Waals surface area (Å²) >= 11 is 0. The Labute approximate surface area is 181 Å². The molecule has 0 bridgehead atoms. The fourth-order valence-corrected chi connectivity index (χ4v) is 3.74. The van der Waals surface area contributed by atoms with Crippen LogP contribution in [0.15, 0.2) is 35.5 Å². The number of alkyl carbamates (subject to hydrolysis) is 1. The number of alkyl halides is 3. The van der Waals surface area contributed by atoms with Gasteiger partial charge in [0.25, 0.3) is 5.92 Å². The van der Waals surface area contributed by atoms with Gasteiger partial charge in [0.15, 0.2) is 12.0 Å². The predicted molar refractivity (Wildman–Crippen MR) is 117 cm³/mol. The molecule has 168 valence electrons. The first-order chi connectivity index (χ1) is 14.6. The number of rotatable bonds is 5. The average molecular weight is 455 g/mol. The molecule has 3 atom stereocenters. The summed E-state index contributed by atoms with van der Waals surface area (Å²) in [6.07, 6.45) is -0.972. The van der Waals surface area contributed by atoms with E-state index in [2.05, 4.69) is 27.2 Å². The number of piperazine rings is 1. The molecule has 31 heavy (non-hydrogen) atoms. The molecule has 2 saturated heterocycles. The quantitative estimate of drug-likeness (QED) is 0.667. The van der Waals surface area contributed by atoms with E-state index >= 15 is 0 Å². The van der Waals surface area contributed by atoms with Crippen molar-refractivity contribution in [1.82, 2.24) is 15.6 Å². The van der Waals surface area contributed by atoms with Gasteiger partial charge >= 0.3 is 6.09 Å². The molecule has 2 aliphatic rings. The second-order valence-electron chi connectivity index (χ2n) is 7.32. The average Bonchev–Trinajstić information content (AvgIpc) is 2.73. The second-order valence-corrected chi connectivity index (χ2v) is 7.96. The normalized spacial score (nSPS) is 23.8. The fraction of sp³-hybridized carbons (Fsp3) is 0.450. The van der Waals surface area contributed by atoms with Gasteiger partial charge in [-0.05, 0) is 24.6 Å². The molecule has 7 nitrogen and oxygen atoms in total. The number of amidine groups is 1. The SMILES string of the molecule is C=CN=C1NC(=O)O[C@H](C(F)P)/C1=C(/C)c1cc(C(C)(F)F)cc(N2CCNCC2)n1. The highest BCUT2D eigenvalue weighted by atomic mass is 31.0. The highest BCUT2D eigenvalue weighted by Gasteiger charge is 2.37. The number of amides is 1. The van der Waals surface area contributed by atoms with Crippen LogP contribution in [0.3, 0.4) is 0 Å². The minimum atomic E-state index is -3.11. The zero-order valence-corrected chi connectivity index (χ0v) is 18.4. The second kappa shape index (κ2) is 9.36. The van der Waals surface area contributed by atoms with Crippen molar-refractivity contribution in [3.05, 3.63) is 41.7 Å². The number of hydrogen-bond donors (Lipinski definition) is 2. The summed E-state index contributed by atoms with van der Waals surface area (Å²) in [5.74, 6) is -4.31. The molecular formula is C20H25F3N5O2P. The van der Waals surface area contributed by atoms with Crippen LogP contribution in [0.4, 0.5) is 23.8 Å². The molecule has 1 aromatic heterocycles. The lowest BCUT2D eigenvalue weighted by molar-refractivity contribution is 0.0174. The number of cyclic esters (lactones) is 1. The molecule has 0 spiro atoms. The third-order valence-electron chi connectivity index (χ3n) is 5.05. The van der Waals surface area contributed by atoms with Crippen LogP contribution >= 0.6 is 9.24 Å². The number of hydrogen-bond acceptors (Lipinski definition) is 6. The lowest BCUT2D eigenvalue weighted by Crippen LogP contribution is -2.47. The van der Waals surface area contributed by atoms with Gasteiger partial charge in [-0.3, -0.25) is 5.32 Å². The maximum atomic E-state index is 14.3. The molecule has 0 saturated carbocycles. The van der Waals surface area contributed by atoms with Crippen LogP contribution in [-0.4, -0.2) is 55.1 Å². The molecular weight excluding hydrogens is 430 g/mol. The molecule has 1 aromatic rings. The highest BCUT2D eigenvalue weighted by molar-refractivity contribution is 7.17. The summed E-state index contributed by atoms with van der Waals surface area (Å²) in [4.78, 5) is 22.4. The number of carbonyl (C=O) groups is 1. The van der Waals surface area contributed by atoms with Crippen molar-refractivity contribution < 1.29 is 22.7 Å². The molecule has 3 rings (SSSR count). The molecule has 3 heterocycles. The first kappa shape index (κ1) is 23.2. The van der Waals surface area contributed by atoms with Crippen molar-refractivity contribution in [2.75, 3.05) is 31.1 Å². The number of ether oxygens (including phenoxy) is 1. The number of pyridine rings is 1. The zero-order chi connectivity index (χ0) is 22.8. The minimum Gasteiger partial charge on any atom is -0.437 e. The van der Waals surface area contributed by atoms with Gasteiger partial charge in [-0.1, -0.05) is 15.8 Å². The number of nitrogens with one attached hydrogen (secondary N) is 2. The van der Waals surface area contributed by atoms with E-state index in [1.807, 2.05) is 14.1 Å². The summed E-state index contributed by atoms with van der Waals surface area (Å²) in [6, 6.07) is 2.64. The van der Waals surface area contributed by atoms with Crippen LogP contribution in [0.2, 0.25) is 0 Å². The predicted octanol–water partition coefficient (Wildman–Crippen LogP) is 3.20. The minimum absolute atomic E-state index is 0.0398. The highest BCUT2D eigenvalue weighted by Crippen LogP contribution is 2.34. The van der Waals surface area contributed by atoms with E-state index < -0.39 is 24.0 Å². The molecule has 0 aromatic carbocycles. The van der Waals surface area contributed by atoms with Crippen molar-refractivity contribution in [1.29, 1.82) is 0 Å². The van der Waals surface area contributed by atoms with Gasteiger partial charge in [0.2, 0.25) is 0 Å². The van der Waals surface area contributed by atoms with Gasteiger partial charge in [0.1, 0.15) is 11.7 Å². The van der Waals surface area contributed by atoms with Crippen molar-refractivity contribution in [3.8, 4) is 0 Å². The van der Waals surface area contributed by atoms with Crippen LogP contribution in [0.5, 0.6) is 0 Å². The lowest BCUT2D eigenvalue weighted by atomic mass is 9.97. The molecule has 0 aliphatic carbocycles. The van der Waals surface area contributed by atoms with Gasteiger partial charge in [0, 0.05) is 50.4 Å². The van der Waals surface area contributed by atoms with Crippen LogP contribution in [-0.2, 0) is 10.7 Å². The first-order valence-electron chi connectivity index (χ1n) is 9.75. The van der Waals surface area contributed by atoms with Crippen LogP contribution in [0.25, 0.3) is 5.57 Å². The number of aliphatic imine (C=N–C) groups is 1. The topological polar surface area (TPSA) is 78.8 Å². The van der Waals surface area contributed by atoms with E-state index in [-0.39, 0.29) is 22.7 Å². The standard InChI is InChI=1S/C20H25F3N5O2P/c1-4-25-18-15(16(17(21)31)30-19(29)27-18)11(2)13-9-12(20(3,22)23)10-14(26-13)28-7-5-24-6-8-28/h4,9-10,16-17,24H,1,5-8,31H2,2-3H3,(H,25,27,29)/b15-11+/t16-,17?/m0/s1. The number of nitrogens with zero attached hydrogens (tertiary/aromatic N) is 3. The van der Waals surface area contributed by atoms with E-state index in [1.54, 1.807) is 6.92 Å². The largest absolute Gasteiger partial charge is 0.437 e. The molecule has 11 heteroatoms. The summed E-state index contributed by atoms with van der Waals surface area (Å²) < 4.78 is 48.0. The maximum absolute atomic E-state index is 14.3. The van der Waals surface area contributed by atoms with E-state index in [0.717, 1.165) is 6.92 Å². The van der Waals surface area contributed by atoms with Crippen molar-refractivity contribution >= 4 is 32.6 Å². The van der Waals surface area contributed by atoms with Gasteiger partial charge in [-0.2, -0.15) is 0 Å². The molecule has 2 N–H and O–H groups in total. The summed E-state index contributed by atoms with van der Waals surface area (Å²) in [5, 5.41) is 5.62. The van der Waals surface area contributed by atoms with E-state index in [4.69, 9.17) is 4.74 Å². The molecule has 2 aliphatic heterocycles. The Hall–Kier alpha value is -2.45. The molecule has 2 unspecified atom stereocenters. The fourth-order valence-electron chi connectivity index (χ4n) is 3.47. The molecule has 1 amide bonds. The Morgan fingerprint density at radius 2 is 2.13 bits per heavy atom. The van der Waals surface area contributed by atoms with Gasteiger partial charge in [-0.15, -0.1) is 0 Å². The maximum Gasteiger partial charge on any atom is 0.413 e. The van der Waals surface area contributed by atoms with Crippen molar-refractivity contribution in [3.63, 3.8) is 0 Å². The Morgan fingerprint density at radius 3 is 2.71 bits per heavy atom. The van der Waals surface area contributed by atoms with Crippen molar-refractivity contribution in [2.45, 2.75) is 31.8 Å². The molecule has 2 fully saturated rings. The number of allylic oxidation sites excluding steroid dienone is 1. The Bertz CT molecular complexity index is 924. The monoisotopic (exact) mass is 455 g/mol. The van der Waals surface area contributed by atoms with E-state index in [9.17, 15) is 18.0 Å². The van der Waals surface area contributed by atoms with E-state index in [0.29, 0.717) is 37.6 Å². The number of carbonyl (C=O) groups excluding carboxylic acids is 1. The Morgan fingerprint density at radius 1 is 1.45 bits per heavy atom. The molecule has 0 radical (unpaired) electrons. The lowest BCUT2D eigenvalue weighted by Gasteiger charge is -2.31.